The SMILES string of the molecule is C=CC1CC(=O)N(c2n[nH]c(C3CCCCC3)n2)C1. The molecule has 1 atom stereocenters. The van der Waals surface area contributed by atoms with Gasteiger partial charge in [0.2, 0.25) is 5.91 Å². The van der Waals surface area contributed by atoms with Gasteiger partial charge in [-0.05, 0) is 12.8 Å². The number of nitrogens with one attached hydrogen (secondary N) is 1. The highest BCUT2D eigenvalue weighted by atomic mass is 16.2. The first-order chi connectivity index (χ1) is 9.28. The van der Waals surface area contributed by atoms with E-state index in [0.29, 0.717) is 24.8 Å². The molecule has 1 N–H and O–H groups in total. The maximum Gasteiger partial charge on any atom is 0.251 e. The van der Waals surface area contributed by atoms with Crippen molar-refractivity contribution in [2.24, 2.45) is 5.92 Å². The summed E-state index contributed by atoms with van der Waals surface area (Å²) in [6.07, 6.45) is 8.58. The summed E-state index contributed by atoms with van der Waals surface area (Å²) in [4.78, 5) is 18.1. The summed E-state index contributed by atoms with van der Waals surface area (Å²) >= 11 is 0. The van der Waals surface area contributed by atoms with E-state index in [0.717, 1.165) is 5.82 Å². The molecule has 2 heterocycles. The van der Waals surface area contributed by atoms with Gasteiger partial charge in [-0.15, -0.1) is 11.7 Å². The maximum absolute atomic E-state index is 11.9. The van der Waals surface area contributed by atoms with Gasteiger partial charge in [-0.1, -0.05) is 25.3 Å². The van der Waals surface area contributed by atoms with Crippen molar-refractivity contribution in [1.29, 1.82) is 0 Å². The first-order valence-electron chi connectivity index (χ1n) is 7.13. The van der Waals surface area contributed by atoms with E-state index in [-0.39, 0.29) is 11.8 Å². The highest BCUT2D eigenvalue weighted by Gasteiger charge is 2.31. The van der Waals surface area contributed by atoms with Gasteiger partial charge in [-0.2, -0.15) is 4.98 Å². The number of nitrogens with zero attached hydrogens (tertiary/aromatic N) is 3. The third-order valence-corrected chi connectivity index (χ3v) is 4.21. The third-order valence-electron chi connectivity index (χ3n) is 4.21. The van der Waals surface area contributed by atoms with Crippen LogP contribution >= 0.6 is 0 Å². The van der Waals surface area contributed by atoms with E-state index in [1.54, 1.807) is 4.90 Å². The van der Waals surface area contributed by atoms with E-state index >= 15 is 0 Å². The fraction of sp³-hybridized carbons (Fsp3) is 0.643. The Morgan fingerprint density at radius 2 is 2.11 bits per heavy atom. The van der Waals surface area contributed by atoms with Crippen LogP contribution in [0, 0.1) is 5.92 Å². The Balaban J connectivity index is 1.74. The fourth-order valence-electron chi connectivity index (χ4n) is 3.03. The van der Waals surface area contributed by atoms with Gasteiger partial charge in [-0.3, -0.25) is 14.8 Å². The highest BCUT2D eigenvalue weighted by Crippen LogP contribution is 2.31. The number of anilines is 1. The Morgan fingerprint density at radius 1 is 1.32 bits per heavy atom. The van der Waals surface area contributed by atoms with Crippen LogP contribution in [0.4, 0.5) is 5.95 Å². The molecule has 1 saturated carbocycles. The molecular weight excluding hydrogens is 240 g/mol. The van der Waals surface area contributed by atoms with Crippen molar-refractivity contribution in [3.05, 3.63) is 18.5 Å². The molecule has 0 bridgehead atoms. The summed E-state index contributed by atoms with van der Waals surface area (Å²) in [5, 5.41) is 7.25. The standard InChI is InChI=1S/C14H20N4O/c1-2-10-8-12(19)18(9-10)14-15-13(16-17-14)11-6-4-3-5-7-11/h2,10-11H,1,3-9H2,(H,15,16,17). The molecule has 2 fully saturated rings. The number of hydrogen-bond acceptors (Lipinski definition) is 3. The number of hydrogen-bond donors (Lipinski definition) is 1. The van der Waals surface area contributed by atoms with Crippen LogP contribution < -0.4 is 4.90 Å². The van der Waals surface area contributed by atoms with E-state index in [4.69, 9.17) is 0 Å². The molecule has 1 aliphatic carbocycles. The fourth-order valence-corrected chi connectivity index (χ4v) is 3.03. The van der Waals surface area contributed by atoms with Crippen LogP contribution in [-0.4, -0.2) is 27.6 Å². The molecule has 1 aromatic rings. The summed E-state index contributed by atoms with van der Waals surface area (Å²) in [5.74, 6) is 2.30. The molecule has 1 amide bonds. The van der Waals surface area contributed by atoms with E-state index in [9.17, 15) is 4.79 Å². The van der Waals surface area contributed by atoms with Crippen LogP contribution in [-0.2, 0) is 4.79 Å². The van der Waals surface area contributed by atoms with Gasteiger partial charge in [0.25, 0.3) is 5.95 Å². The number of aromatic amines is 1. The molecule has 5 heteroatoms. The summed E-state index contributed by atoms with van der Waals surface area (Å²) in [6, 6.07) is 0. The van der Waals surface area contributed by atoms with Crippen molar-refractivity contribution in [3.8, 4) is 0 Å². The van der Waals surface area contributed by atoms with Crippen molar-refractivity contribution in [1.82, 2.24) is 15.2 Å². The van der Waals surface area contributed by atoms with Crippen molar-refractivity contribution in [3.63, 3.8) is 0 Å². The average molecular weight is 260 g/mol. The zero-order valence-electron chi connectivity index (χ0n) is 11.1. The van der Waals surface area contributed by atoms with E-state index in [1.165, 1.54) is 32.1 Å². The monoisotopic (exact) mass is 260 g/mol. The second-order valence-corrected chi connectivity index (χ2v) is 5.56. The smallest absolute Gasteiger partial charge is 0.251 e. The van der Waals surface area contributed by atoms with Crippen LogP contribution in [0.3, 0.4) is 0 Å². The molecule has 1 aliphatic heterocycles. The van der Waals surface area contributed by atoms with Gasteiger partial charge >= 0.3 is 0 Å². The Morgan fingerprint density at radius 3 is 2.79 bits per heavy atom. The van der Waals surface area contributed by atoms with Crippen molar-refractivity contribution in [2.75, 3.05) is 11.4 Å². The number of carbonyl (C=O) groups is 1. The summed E-state index contributed by atoms with van der Waals surface area (Å²) in [7, 11) is 0. The molecule has 0 spiro atoms. The Kier molecular flexibility index (Phi) is 3.36. The number of amides is 1. The Bertz CT molecular complexity index is 476. The van der Waals surface area contributed by atoms with Crippen LogP contribution in [0.5, 0.6) is 0 Å². The molecule has 0 aromatic carbocycles. The Hall–Kier alpha value is -1.65. The highest BCUT2D eigenvalue weighted by molar-refractivity contribution is 5.94. The van der Waals surface area contributed by atoms with Crippen LogP contribution in [0.15, 0.2) is 12.7 Å². The first kappa shape index (κ1) is 12.4. The lowest BCUT2D eigenvalue weighted by Gasteiger charge is -2.18. The summed E-state index contributed by atoms with van der Waals surface area (Å²) in [5.41, 5.74) is 0. The van der Waals surface area contributed by atoms with E-state index in [2.05, 4.69) is 21.8 Å². The zero-order chi connectivity index (χ0) is 13.2. The third kappa shape index (κ3) is 2.41. The minimum atomic E-state index is 0.0964. The van der Waals surface area contributed by atoms with Gasteiger partial charge in [0.05, 0.1) is 0 Å². The van der Waals surface area contributed by atoms with E-state index < -0.39 is 0 Å². The largest absolute Gasteiger partial charge is 0.279 e. The number of H-pyrrole nitrogens is 1. The van der Waals surface area contributed by atoms with Crippen molar-refractivity contribution < 1.29 is 4.79 Å². The molecule has 102 valence electrons. The molecule has 1 saturated heterocycles. The second kappa shape index (κ2) is 5.15. The average Bonchev–Trinajstić information content (AvgIpc) is 3.06. The molecule has 3 rings (SSSR count). The van der Waals surface area contributed by atoms with Gasteiger partial charge in [0.1, 0.15) is 5.82 Å². The lowest BCUT2D eigenvalue weighted by atomic mass is 9.89. The normalized spacial score (nSPS) is 24.9. The van der Waals surface area contributed by atoms with Crippen LogP contribution in [0.25, 0.3) is 0 Å². The van der Waals surface area contributed by atoms with Crippen molar-refractivity contribution in [2.45, 2.75) is 44.4 Å². The molecule has 2 aliphatic rings. The minimum Gasteiger partial charge on any atom is -0.279 e. The number of rotatable bonds is 3. The first-order valence-corrected chi connectivity index (χ1v) is 7.13. The molecule has 1 aromatic heterocycles. The molecule has 0 radical (unpaired) electrons. The predicted octanol–water partition coefficient (Wildman–Crippen LogP) is 2.39. The number of aromatic nitrogens is 3. The van der Waals surface area contributed by atoms with Gasteiger partial charge in [-0.25, -0.2) is 0 Å². The molecule has 19 heavy (non-hydrogen) atoms. The second-order valence-electron chi connectivity index (χ2n) is 5.56. The van der Waals surface area contributed by atoms with Crippen molar-refractivity contribution >= 4 is 11.9 Å². The van der Waals surface area contributed by atoms with E-state index in [1.807, 2.05) is 6.08 Å². The van der Waals surface area contributed by atoms with Gasteiger partial charge < -0.3 is 0 Å². The maximum atomic E-state index is 11.9. The lowest BCUT2D eigenvalue weighted by Crippen LogP contribution is -2.25. The molecule has 5 nitrogen and oxygen atoms in total. The summed E-state index contributed by atoms with van der Waals surface area (Å²) < 4.78 is 0. The minimum absolute atomic E-state index is 0.0964. The predicted molar refractivity (Wildman–Crippen MR) is 72.9 cm³/mol. The lowest BCUT2D eigenvalue weighted by molar-refractivity contribution is -0.117. The Labute approximate surface area is 113 Å². The molecule has 1 unspecified atom stereocenters. The molecular formula is C14H20N4O. The zero-order valence-corrected chi connectivity index (χ0v) is 11.1. The van der Waals surface area contributed by atoms with Crippen LogP contribution in [0.2, 0.25) is 0 Å². The van der Waals surface area contributed by atoms with Gasteiger partial charge in [0, 0.05) is 24.8 Å². The summed E-state index contributed by atoms with van der Waals surface area (Å²) in [6.45, 7) is 4.41. The number of carbonyl (C=O) groups excluding carboxylic acids is 1. The van der Waals surface area contributed by atoms with Gasteiger partial charge in [0.15, 0.2) is 0 Å². The van der Waals surface area contributed by atoms with Crippen LogP contribution in [0.1, 0.15) is 50.3 Å². The topological polar surface area (TPSA) is 61.9 Å². The quantitative estimate of drug-likeness (QED) is 0.849.